The molecule has 1 aromatic rings. The van der Waals surface area contributed by atoms with Crippen LogP contribution >= 0.6 is 11.3 Å². The van der Waals surface area contributed by atoms with E-state index in [2.05, 4.69) is 51.9 Å². The van der Waals surface area contributed by atoms with E-state index in [9.17, 15) is 0 Å². The lowest BCUT2D eigenvalue weighted by Gasteiger charge is -2.20. The van der Waals surface area contributed by atoms with Gasteiger partial charge in [0.2, 0.25) is 0 Å². The fourth-order valence-corrected chi connectivity index (χ4v) is 2.54. The molecule has 17 heavy (non-hydrogen) atoms. The number of nitrogens with one attached hydrogen (secondary N) is 1. The van der Waals surface area contributed by atoms with Gasteiger partial charge in [-0.1, -0.05) is 6.92 Å². The SMILES string of the molecule is CCc1nc(N(C)CC)sc1CNC(C)(C)C. The average molecular weight is 255 g/mol. The van der Waals surface area contributed by atoms with Gasteiger partial charge in [0.15, 0.2) is 5.13 Å². The second kappa shape index (κ2) is 5.83. The summed E-state index contributed by atoms with van der Waals surface area (Å²) in [6, 6.07) is 0. The number of nitrogens with zero attached hydrogens (tertiary/aromatic N) is 2. The van der Waals surface area contributed by atoms with Crippen LogP contribution in [0.5, 0.6) is 0 Å². The molecule has 1 aromatic heterocycles. The van der Waals surface area contributed by atoms with Crippen molar-refractivity contribution in [2.45, 2.75) is 53.1 Å². The van der Waals surface area contributed by atoms with Crippen LogP contribution in [0.2, 0.25) is 0 Å². The van der Waals surface area contributed by atoms with Crippen molar-refractivity contribution in [1.82, 2.24) is 10.3 Å². The van der Waals surface area contributed by atoms with E-state index in [1.165, 1.54) is 10.6 Å². The predicted molar refractivity (Wildman–Crippen MR) is 77.0 cm³/mol. The lowest BCUT2D eigenvalue weighted by molar-refractivity contribution is 0.425. The van der Waals surface area contributed by atoms with E-state index < -0.39 is 0 Å². The molecule has 0 amide bonds. The van der Waals surface area contributed by atoms with Gasteiger partial charge in [-0.2, -0.15) is 0 Å². The zero-order valence-electron chi connectivity index (χ0n) is 11.9. The van der Waals surface area contributed by atoms with Gasteiger partial charge in [-0.25, -0.2) is 4.98 Å². The molecule has 4 heteroatoms. The predicted octanol–water partition coefficient (Wildman–Crippen LogP) is 3.05. The highest BCUT2D eigenvalue weighted by atomic mass is 32.1. The maximum atomic E-state index is 4.70. The molecule has 0 saturated carbocycles. The van der Waals surface area contributed by atoms with Gasteiger partial charge in [-0.05, 0) is 34.1 Å². The molecule has 3 nitrogen and oxygen atoms in total. The number of aromatic nitrogens is 1. The summed E-state index contributed by atoms with van der Waals surface area (Å²) in [5, 5.41) is 4.67. The van der Waals surface area contributed by atoms with E-state index in [1.54, 1.807) is 0 Å². The average Bonchev–Trinajstić information content (AvgIpc) is 2.67. The van der Waals surface area contributed by atoms with E-state index in [-0.39, 0.29) is 5.54 Å². The molecule has 0 aliphatic rings. The zero-order chi connectivity index (χ0) is 13.1. The number of hydrogen-bond acceptors (Lipinski definition) is 4. The molecule has 1 heterocycles. The first-order chi connectivity index (χ1) is 7.87. The van der Waals surface area contributed by atoms with Crippen LogP contribution in [0.1, 0.15) is 45.2 Å². The molecule has 0 atom stereocenters. The van der Waals surface area contributed by atoms with Crippen LogP contribution in [0.15, 0.2) is 0 Å². The largest absolute Gasteiger partial charge is 0.351 e. The minimum absolute atomic E-state index is 0.159. The Hall–Kier alpha value is -0.610. The van der Waals surface area contributed by atoms with Gasteiger partial charge >= 0.3 is 0 Å². The van der Waals surface area contributed by atoms with E-state index in [0.29, 0.717) is 0 Å². The first-order valence-corrected chi connectivity index (χ1v) is 7.13. The molecule has 0 fully saturated rings. The standard InChI is InChI=1S/C13H25N3S/c1-7-10-11(9-14-13(3,4)5)17-12(15-10)16(6)8-2/h14H,7-9H2,1-6H3. The highest BCUT2D eigenvalue weighted by Crippen LogP contribution is 2.26. The molecule has 0 bridgehead atoms. The van der Waals surface area contributed by atoms with Crippen LogP contribution in [0.3, 0.4) is 0 Å². The van der Waals surface area contributed by atoms with Gasteiger partial charge in [-0.3, -0.25) is 0 Å². The molecule has 0 spiro atoms. The summed E-state index contributed by atoms with van der Waals surface area (Å²) < 4.78 is 0. The van der Waals surface area contributed by atoms with Crippen molar-refractivity contribution in [1.29, 1.82) is 0 Å². The normalized spacial score (nSPS) is 11.9. The fourth-order valence-electron chi connectivity index (χ4n) is 1.43. The number of hydrogen-bond donors (Lipinski definition) is 1. The Morgan fingerprint density at radius 1 is 1.29 bits per heavy atom. The molecule has 1 N–H and O–H groups in total. The molecular weight excluding hydrogens is 230 g/mol. The molecule has 0 unspecified atom stereocenters. The second-order valence-corrected chi connectivity index (χ2v) is 6.40. The topological polar surface area (TPSA) is 28.2 Å². The smallest absolute Gasteiger partial charge is 0.185 e. The highest BCUT2D eigenvalue weighted by Gasteiger charge is 2.15. The van der Waals surface area contributed by atoms with Crippen LogP contribution in [-0.2, 0) is 13.0 Å². The molecule has 0 radical (unpaired) electrons. The molecular formula is C13H25N3S. The third-order valence-electron chi connectivity index (χ3n) is 2.68. The summed E-state index contributed by atoms with van der Waals surface area (Å²) in [6.07, 6.45) is 1.01. The minimum atomic E-state index is 0.159. The molecule has 0 aliphatic heterocycles. The van der Waals surface area contributed by atoms with Gasteiger partial charge < -0.3 is 10.2 Å². The molecule has 0 aromatic carbocycles. The van der Waals surface area contributed by atoms with E-state index in [1.807, 2.05) is 11.3 Å². The molecule has 0 aliphatic carbocycles. The molecule has 98 valence electrons. The van der Waals surface area contributed by atoms with Crippen LogP contribution in [0.4, 0.5) is 5.13 Å². The summed E-state index contributed by atoms with van der Waals surface area (Å²) in [5.74, 6) is 0. The van der Waals surface area contributed by atoms with Gasteiger partial charge in [0.1, 0.15) is 0 Å². The van der Waals surface area contributed by atoms with E-state index in [0.717, 1.165) is 24.6 Å². The van der Waals surface area contributed by atoms with Crippen molar-refractivity contribution in [3.63, 3.8) is 0 Å². The number of aryl methyl sites for hydroxylation is 1. The van der Waals surface area contributed by atoms with Crippen LogP contribution in [0, 0.1) is 0 Å². The van der Waals surface area contributed by atoms with Crippen LogP contribution in [-0.4, -0.2) is 24.1 Å². The Labute approximate surface area is 109 Å². The fraction of sp³-hybridized carbons (Fsp3) is 0.769. The minimum Gasteiger partial charge on any atom is -0.351 e. The van der Waals surface area contributed by atoms with Crippen LogP contribution < -0.4 is 10.2 Å². The lowest BCUT2D eigenvalue weighted by atomic mass is 10.1. The van der Waals surface area contributed by atoms with Crippen molar-refractivity contribution in [3.05, 3.63) is 10.6 Å². The third kappa shape index (κ3) is 4.28. The van der Waals surface area contributed by atoms with Gasteiger partial charge in [0, 0.05) is 30.6 Å². The summed E-state index contributed by atoms with van der Waals surface area (Å²) >= 11 is 1.81. The van der Waals surface area contributed by atoms with Crippen molar-refractivity contribution in [2.24, 2.45) is 0 Å². The Kier molecular flexibility index (Phi) is 4.95. The monoisotopic (exact) mass is 255 g/mol. The third-order valence-corrected chi connectivity index (χ3v) is 3.89. The summed E-state index contributed by atoms with van der Waals surface area (Å²) in [4.78, 5) is 8.28. The number of anilines is 1. The van der Waals surface area contributed by atoms with Crippen molar-refractivity contribution < 1.29 is 0 Å². The number of thiazole rings is 1. The second-order valence-electron chi connectivity index (χ2n) is 5.34. The summed E-state index contributed by atoms with van der Waals surface area (Å²) in [5.41, 5.74) is 1.40. The quantitative estimate of drug-likeness (QED) is 0.876. The van der Waals surface area contributed by atoms with Gasteiger partial charge in [0.25, 0.3) is 0 Å². The molecule has 1 rings (SSSR count). The zero-order valence-corrected chi connectivity index (χ0v) is 12.7. The summed E-state index contributed by atoms with van der Waals surface area (Å²) in [6.45, 7) is 12.8. The first-order valence-electron chi connectivity index (χ1n) is 6.32. The maximum absolute atomic E-state index is 4.70. The Bertz CT molecular complexity index is 352. The Balaban J connectivity index is 2.80. The van der Waals surface area contributed by atoms with Crippen molar-refractivity contribution >= 4 is 16.5 Å². The highest BCUT2D eigenvalue weighted by molar-refractivity contribution is 7.15. The van der Waals surface area contributed by atoms with Gasteiger partial charge in [0.05, 0.1) is 5.69 Å². The van der Waals surface area contributed by atoms with Crippen LogP contribution in [0.25, 0.3) is 0 Å². The van der Waals surface area contributed by atoms with Crippen molar-refractivity contribution in [3.8, 4) is 0 Å². The van der Waals surface area contributed by atoms with E-state index in [4.69, 9.17) is 4.98 Å². The lowest BCUT2D eigenvalue weighted by Crippen LogP contribution is -2.35. The molecule has 0 saturated heterocycles. The Morgan fingerprint density at radius 2 is 1.94 bits per heavy atom. The Morgan fingerprint density at radius 3 is 2.41 bits per heavy atom. The maximum Gasteiger partial charge on any atom is 0.185 e. The van der Waals surface area contributed by atoms with E-state index >= 15 is 0 Å². The summed E-state index contributed by atoms with van der Waals surface area (Å²) in [7, 11) is 2.10. The van der Waals surface area contributed by atoms with Gasteiger partial charge in [-0.15, -0.1) is 11.3 Å². The first kappa shape index (κ1) is 14.5. The van der Waals surface area contributed by atoms with Crippen molar-refractivity contribution in [2.75, 3.05) is 18.5 Å². The number of rotatable bonds is 5.